The molecular weight excluding hydrogens is 247 g/mol. The maximum absolute atomic E-state index is 10.0. The van der Waals surface area contributed by atoms with Gasteiger partial charge in [0.15, 0.2) is 5.30 Å². The number of rotatable bonds is 8. The summed E-state index contributed by atoms with van der Waals surface area (Å²) in [7, 11) is -3.39. The van der Waals surface area contributed by atoms with E-state index in [4.69, 9.17) is 4.52 Å². The minimum atomic E-state index is -3.39. The van der Waals surface area contributed by atoms with Crippen LogP contribution in [0.3, 0.4) is 0 Å². The van der Waals surface area contributed by atoms with E-state index < -0.39 is 7.94 Å². The second kappa shape index (κ2) is 7.85. The number of benzene rings is 1. The Hall–Kier alpha value is -0.470. The van der Waals surface area contributed by atoms with Crippen molar-refractivity contribution in [3.8, 4) is 0 Å². The zero-order chi connectivity index (χ0) is 13.4. The summed E-state index contributed by atoms with van der Waals surface area (Å²) in [6.45, 7) is 4.69. The molecular formula is C14H24O3P+. The van der Waals surface area contributed by atoms with Crippen LogP contribution in [-0.2, 0) is 4.52 Å². The van der Waals surface area contributed by atoms with Gasteiger partial charge >= 0.3 is 7.94 Å². The molecule has 1 atom stereocenters. The Bertz CT molecular complexity index is 327. The van der Waals surface area contributed by atoms with Crippen molar-refractivity contribution in [2.45, 2.75) is 39.5 Å². The molecule has 2 N–H and O–H groups in total. The molecule has 18 heavy (non-hydrogen) atoms. The topological polar surface area (TPSA) is 49.7 Å². The van der Waals surface area contributed by atoms with Crippen molar-refractivity contribution < 1.29 is 14.3 Å². The van der Waals surface area contributed by atoms with E-state index in [2.05, 4.69) is 13.8 Å². The van der Waals surface area contributed by atoms with Crippen LogP contribution < -0.4 is 5.30 Å². The van der Waals surface area contributed by atoms with Gasteiger partial charge in [0.05, 0.1) is 0 Å². The van der Waals surface area contributed by atoms with Gasteiger partial charge in [-0.25, -0.2) is 0 Å². The largest absolute Gasteiger partial charge is 0.443 e. The van der Waals surface area contributed by atoms with E-state index in [1.807, 2.05) is 6.07 Å². The molecule has 0 aromatic heterocycles. The zero-order valence-electron chi connectivity index (χ0n) is 11.2. The van der Waals surface area contributed by atoms with Crippen LogP contribution in [-0.4, -0.2) is 16.4 Å². The summed E-state index contributed by atoms with van der Waals surface area (Å²) < 4.78 is 5.39. The molecule has 0 radical (unpaired) electrons. The molecule has 1 unspecified atom stereocenters. The summed E-state index contributed by atoms with van der Waals surface area (Å²) in [6, 6.07) is 8.81. The van der Waals surface area contributed by atoms with Crippen LogP contribution in [0.1, 0.15) is 39.5 Å². The van der Waals surface area contributed by atoms with Gasteiger partial charge in [-0.1, -0.05) is 51.3 Å². The average molecular weight is 271 g/mol. The first-order valence-electron chi connectivity index (χ1n) is 6.64. The zero-order valence-corrected chi connectivity index (χ0v) is 12.1. The van der Waals surface area contributed by atoms with Crippen molar-refractivity contribution in [3.05, 3.63) is 30.3 Å². The summed E-state index contributed by atoms with van der Waals surface area (Å²) >= 11 is 0. The fourth-order valence-electron chi connectivity index (χ4n) is 1.80. The van der Waals surface area contributed by atoms with E-state index >= 15 is 0 Å². The van der Waals surface area contributed by atoms with Crippen molar-refractivity contribution in [2.75, 3.05) is 6.61 Å². The van der Waals surface area contributed by atoms with Crippen LogP contribution in [0, 0.1) is 5.92 Å². The predicted octanol–water partition coefficient (Wildman–Crippen LogP) is 3.29. The van der Waals surface area contributed by atoms with Gasteiger partial charge in [0, 0.05) is 0 Å². The standard InChI is InChI=1S/C14H24O3P/c1-3-5-9-13(4-2)12-17-18(15,16)14-10-7-6-8-11-14/h6-8,10-11,13,15-16H,3-5,9,12H2,1-2H3/q+1. The summed E-state index contributed by atoms with van der Waals surface area (Å²) in [4.78, 5) is 20.0. The highest BCUT2D eigenvalue weighted by molar-refractivity contribution is 7.67. The fourth-order valence-corrected chi connectivity index (χ4v) is 2.93. The summed E-state index contributed by atoms with van der Waals surface area (Å²) in [5.74, 6) is 0.410. The molecule has 0 fully saturated rings. The van der Waals surface area contributed by atoms with Gasteiger partial charge in [0.2, 0.25) is 0 Å². The van der Waals surface area contributed by atoms with Crippen molar-refractivity contribution in [1.29, 1.82) is 0 Å². The van der Waals surface area contributed by atoms with Crippen LogP contribution in [0.25, 0.3) is 0 Å². The van der Waals surface area contributed by atoms with Crippen LogP contribution in [0.15, 0.2) is 30.3 Å². The first kappa shape index (κ1) is 15.6. The highest BCUT2D eigenvalue weighted by atomic mass is 31.2. The molecule has 0 amide bonds. The molecule has 0 aliphatic carbocycles. The Balaban J connectivity index is 2.50. The fraction of sp³-hybridized carbons (Fsp3) is 0.571. The van der Waals surface area contributed by atoms with Crippen LogP contribution >= 0.6 is 7.94 Å². The first-order chi connectivity index (χ1) is 8.60. The van der Waals surface area contributed by atoms with Gasteiger partial charge < -0.3 is 0 Å². The minimum absolute atomic E-state index is 0.410. The minimum Gasteiger partial charge on any atom is -0.188 e. The third-order valence-electron chi connectivity index (χ3n) is 3.13. The first-order valence-corrected chi connectivity index (χ1v) is 8.26. The van der Waals surface area contributed by atoms with E-state index in [0.29, 0.717) is 17.8 Å². The second-order valence-corrected chi connectivity index (χ2v) is 6.45. The molecule has 0 saturated carbocycles. The molecule has 4 heteroatoms. The average Bonchev–Trinajstić information content (AvgIpc) is 2.40. The lowest BCUT2D eigenvalue weighted by atomic mass is 10.0. The molecule has 0 aliphatic heterocycles. The van der Waals surface area contributed by atoms with Gasteiger partial charge in [0.1, 0.15) is 6.61 Å². The molecule has 0 saturated heterocycles. The van der Waals surface area contributed by atoms with E-state index in [1.165, 1.54) is 0 Å². The summed E-state index contributed by atoms with van der Waals surface area (Å²) in [6.07, 6.45) is 4.42. The summed E-state index contributed by atoms with van der Waals surface area (Å²) in [5, 5.41) is 0.482. The van der Waals surface area contributed by atoms with Crippen LogP contribution in [0.2, 0.25) is 0 Å². The predicted molar refractivity (Wildman–Crippen MR) is 76.7 cm³/mol. The van der Waals surface area contributed by atoms with Crippen molar-refractivity contribution in [3.63, 3.8) is 0 Å². The van der Waals surface area contributed by atoms with Crippen molar-refractivity contribution in [1.82, 2.24) is 0 Å². The molecule has 1 aromatic carbocycles. The number of hydrogen-bond acceptors (Lipinski definition) is 3. The maximum atomic E-state index is 10.0. The van der Waals surface area contributed by atoms with E-state index in [1.54, 1.807) is 24.3 Å². The quantitative estimate of drug-likeness (QED) is 0.713. The molecule has 1 aromatic rings. The molecule has 0 spiro atoms. The van der Waals surface area contributed by atoms with E-state index in [9.17, 15) is 9.79 Å². The second-order valence-electron chi connectivity index (χ2n) is 4.59. The Morgan fingerprint density at radius 1 is 1.17 bits per heavy atom. The summed E-state index contributed by atoms with van der Waals surface area (Å²) in [5.41, 5.74) is 0. The van der Waals surface area contributed by atoms with Gasteiger partial charge in [-0.05, 0) is 24.5 Å². The normalized spacial score (nSPS) is 13.6. The molecule has 0 aliphatic rings. The lowest BCUT2D eigenvalue weighted by Crippen LogP contribution is -2.17. The number of unbranched alkanes of at least 4 members (excludes halogenated alkanes) is 1. The van der Waals surface area contributed by atoms with Crippen LogP contribution in [0.4, 0.5) is 0 Å². The van der Waals surface area contributed by atoms with Gasteiger partial charge in [-0.3, -0.25) is 0 Å². The van der Waals surface area contributed by atoms with Crippen LogP contribution in [0.5, 0.6) is 0 Å². The molecule has 102 valence electrons. The Morgan fingerprint density at radius 3 is 2.39 bits per heavy atom. The monoisotopic (exact) mass is 271 g/mol. The highest BCUT2D eigenvalue weighted by Gasteiger charge is 2.39. The van der Waals surface area contributed by atoms with Crippen molar-refractivity contribution in [2.24, 2.45) is 5.92 Å². The third kappa shape index (κ3) is 5.03. The molecule has 1 rings (SSSR count). The SMILES string of the molecule is CCCCC(CC)CO[P+](O)(O)c1ccccc1. The molecule has 0 bridgehead atoms. The Morgan fingerprint density at radius 2 is 1.83 bits per heavy atom. The Kier molecular flexibility index (Phi) is 6.80. The lowest BCUT2D eigenvalue weighted by Gasteiger charge is -2.16. The van der Waals surface area contributed by atoms with Gasteiger partial charge in [0.25, 0.3) is 0 Å². The highest BCUT2D eigenvalue weighted by Crippen LogP contribution is 2.50. The van der Waals surface area contributed by atoms with Gasteiger partial charge in [-0.15, -0.1) is 0 Å². The lowest BCUT2D eigenvalue weighted by molar-refractivity contribution is 0.190. The Labute approximate surface area is 110 Å². The molecule has 0 heterocycles. The van der Waals surface area contributed by atoms with E-state index in [0.717, 1.165) is 25.7 Å². The maximum Gasteiger partial charge on any atom is 0.443 e. The van der Waals surface area contributed by atoms with E-state index in [-0.39, 0.29) is 0 Å². The van der Waals surface area contributed by atoms with Crippen molar-refractivity contribution >= 4 is 13.2 Å². The number of hydrogen-bond donors (Lipinski definition) is 2. The smallest absolute Gasteiger partial charge is 0.188 e. The van der Waals surface area contributed by atoms with Gasteiger partial charge in [-0.2, -0.15) is 14.3 Å². The third-order valence-corrected chi connectivity index (χ3v) is 4.61. The molecule has 3 nitrogen and oxygen atoms in total.